The van der Waals surface area contributed by atoms with Crippen molar-refractivity contribution in [3.63, 3.8) is 0 Å². The minimum absolute atomic E-state index is 0.942. The van der Waals surface area contributed by atoms with Gasteiger partial charge in [-0.25, -0.2) is 0 Å². The predicted octanol–water partition coefficient (Wildman–Crippen LogP) is 4.28. The molecule has 1 aliphatic heterocycles. The first-order valence-corrected chi connectivity index (χ1v) is 9.58. The van der Waals surface area contributed by atoms with Gasteiger partial charge in [0.05, 0.1) is 5.56 Å². The largest absolute Gasteiger partial charge is 0.361 e. The fourth-order valence-electron chi connectivity index (χ4n) is 4.13. The second-order valence-corrected chi connectivity index (χ2v) is 7.23. The summed E-state index contributed by atoms with van der Waals surface area (Å²) in [4.78, 5) is 8.48. The molecular weight excluding hydrogens is 342 g/mol. The van der Waals surface area contributed by atoms with Crippen molar-refractivity contribution in [3.8, 4) is 0 Å². The van der Waals surface area contributed by atoms with Gasteiger partial charge < -0.3 is 4.98 Å². The molecule has 0 saturated carbocycles. The summed E-state index contributed by atoms with van der Waals surface area (Å²) in [6.45, 7) is 5.89. The van der Waals surface area contributed by atoms with Crippen LogP contribution in [-0.4, -0.2) is 10.8 Å². The number of aromatic amines is 1. The van der Waals surface area contributed by atoms with Crippen LogP contribution < -0.4 is 5.32 Å². The smallest absolute Gasteiger partial charge is 0.239 e. The Bertz CT molecular complexity index is 1190. The van der Waals surface area contributed by atoms with E-state index in [1.807, 2.05) is 12.2 Å². The van der Waals surface area contributed by atoms with Gasteiger partial charge in [-0.05, 0) is 42.2 Å². The second-order valence-electron chi connectivity index (χ2n) is 7.23. The van der Waals surface area contributed by atoms with Crippen molar-refractivity contribution in [2.24, 2.45) is 4.99 Å². The van der Waals surface area contributed by atoms with Crippen LogP contribution in [0.25, 0.3) is 17.5 Å². The van der Waals surface area contributed by atoms with Crippen molar-refractivity contribution in [2.75, 3.05) is 0 Å². The van der Waals surface area contributed by atoms with Gasteiger partial charge in [-0.15, -0.1) is 0 Å². The van der Waals surface area contributed by atoms with Gasteiger partial charge in [0.25, 0.3) is 0 Å². The number of allylic oxidation sites excluding steroid dienone is 2. The molecule has 0 bridgehead atoms. The minimum Gasteiger partial charge on any atom is -0.361 e. The van der Waals surface area contributed by atoms with E-state index >= 15 is 0 Å². The van der Waals surface area contributed by atoms with E-state index in [0.717, 1.165) is 29.2 Å². The molecule has 3 N–H and O–H groups in total. The Hall–Kier alpha value is -3.43. The zero-order valence-corrected chi connectivity index (χ0v) is 15.9. The summed E-state index contributed by atoms with van der Waals surface area (Å²) in [7, 11) is 0. The number of benzene rings is 2. The highest BCUT2D eigenvalue weighted by Crippen LogP contribution is 2.35. The van der Waals surface area contributed by atoms with E-state index in [2.05, 4.69) is 78.5 Å². The number of nitrogens with zero attached hydrogens (tertiary/aromatic N) is 1. The normalized spacial score (nSPS) is 15.1. The number of aromatic nitrogens is 1. The zero-order chi connectivity index (χ0) is 19.1. The lowest BCUT2D eigenvalue weighted by molar-refractivity contribution is -0.428. The standard InChI is InChI=1S/C25H21N3/c1-3-4-13-22-16(2)21(15-26-22)25-27-23-19-11-7-5-9-17(19)14-18-10-6-8-12-20(18)24(23)28-25/h3-13,15,26H,1,14H2,2H3,(H,27,28)/p+1/b13-4-. The van der Waals surface area contributed by atoms with Crippen molar-refractivity contribution < 1.29 is 5.32 Å². The molecule has 5 rings (SSSR count). The molecule has 0 unspecified atom stereocenters. The van der Waals surface area contributed by atoms with Gasteiger partial charge in [-0.3, -0.25) is 5.32 Å². The molecule has 136 valence electrons. The van der Waals surface area contributed by atoms with Crippen LogP contribution in [0.1, 0.15) is 39.1 Å². The van der Waals surface area contributed by atoms with Crippen LogP contribution in [0.3, 0.4) is 0 Å². The zero-order valence-electron chi connectivity index (χ0n) is 15.9. The molecule has 1 aliphatic carbocycles. The van der Waals surface area contributed by atoms with Crippen molar-refractivity contribution >= 4 is 23.3 Å². The van der Waals surface area contributed by atoms with Gasteiger partial charge in [-0.1, -0.05) is 61.2 Å². The molecule has 2 heterocycles. The third-order valence-corrected chi connectivity index (χ3v) is 5.58. The summed E-state index contributed by atoms with van der Waals surface area (Å²) < 4.78 is 0. The average molecular weight is 364 g/mol. The number of rotatable bonds is 3. The van der Waals surface area contributed by atoms with Gasteiger partial charge in [0.1, 0.15) is 5.70 Å². The first-order valence-electron chi connectivity index (χ1n) is 9.58. The highest BCUT2D eigenvalue weighted by atomic mass is 15.1. The lowest BCUT2D eigenvalue weighted by Gasteiger charge is -2.07. The van der Waals surface area contributed by atoms with E-state index in [9.17, 15) is 0 Å². The summed E-state index contributed by atoms with van der Waals surface area (Å²) in [5, 5.41) is 2.24. The van der Waals surface area contributed by atoms with Crippen molar-refractivity contribution in [3.05, 3.63) is 113 Å². The number of fused-ring (bicyclic) bond motifs is 4. The minimum atomic E-state index is 0.942. The molecule has 0 radical (unpaired) electrons. The van der Waals surface area contributed by atoms with Crippen LogP contribution >= 0.6 is 0 Å². The molecule has 3 aromatic rings. The molecule has 3 heteroatoms. The van der Waals surface area contributed by atoms with Crippen LogP contribution in [0.2, 0.25) is 0 Å². The highest BCUT2D eigenvalue weighted by Gasteiger charge is 2.32. The lowest BCUT2D eigenvalue weighted by Crippen LogP contribution is -2.83. The monoisotopic (exact) mass is 364 g/mol. The molecule has 0 fully saturated rings. The number of hydrogen-bond donors (Lipinski definition) is 2. The van der Waals surface area contributed by atoms with E-state index in [-0.39, 0.29) is 0 Å². The maximum Gasteiger partial charge on any atom is 0.239 e. The molecular formula is C25H22N3+. The Morgan fingerprint density at radius 2 is 1.71 bits per heavy atom. The first-order chi connectivity index (χ1) is 13.8. The quantitative estimate of drug-likeness (QED) is 0.652. The van der Waals surface area contributed by atoms with E-state index in [1.165, 1.54) is 33.5 Å². The van der Waals surface area contributed by atoms with Crippen molar-refractivity contribution in [1.29, 1.82) is 0 Å². The number of amidine groups is 1. The summed E-state index contributed by atoms with van der Waals surface area (Å²) >= 11 is 0. The number of hydrogen-bond acceptors (Lipinski definition) is 1. The van der Waals surface area contributed by atoms with E-state index in [0.29, 0.717) is 0 Å². The first kappa shape index (κ1) is 16.7. The van der Waals surface area contributed by atoms with E-state index in [1.54, 1.807) is 6.08 Å². The molecule has 2 aliphatic rings. The maximum absolute atomic E-state index is 5.11. The maximum atomic E-state index is 5.11. The SMILES string of the molecule is C=C/C=C\c1[nH]cc(C2=NC3=C([NH2+]2)c2ccccc2Cc2ccccc23)c1C. The Morgan fingerprint density at radius 1 is 1.00 bits per heavy atom. The third kappa shape index (κ3) is 2.60. The fourth-order valence-corrected chi connectivity index (χ4v) is 4.13. The van der Waals surface area contributed by atoms with Gasteiger partial charge in [0.15, 0.2) is 5.70 Å². The molecule has 28 heavy (non-hydrogen) atoms. The predicted molar refractivity (Wildman–Crippen MR) is 116 cm³/mol. The van der Waals surface area contributed by atoms with Crippen molar-refractivity contribution in [2.45, 2.75) is 13.3 Å². The van der Waals surface area contributed by atoms with Crippen LogP contribution in [-0.2, 0) is 6.42 Å². The van der Waals surface area contributed by atoms with Crippen LogP contribution in [0, 0.1) is 6.92 Å². The second kappa shape index (κ2) is 6.63. The van der Waals surface area contributed by atoms with Gasteiger partial charge in [0, 0.05) is 23.0 Å². The Kier molecular flexibility index (Phi) is 3.96. The summed E-state index contributed by atoms with van der Waals surface area (Å²) in [6.07, 6.45) is 8.78. The van der Waals surface area contributed by atoms with Gasteiger partial charge in [-0.2, -0.15) is 4.99 Å². The Balaban J connectivity index is 1.64. The van der Waals surface area contributed by atoms with Crippen LogP contribution in [0.15, 0.2) is 78.5 Å². The number of nitrogens with two attached hydrogens (primary N) is 1. The van der Waals surface area contributed by atoms with E-state index in [4.69, 9.17) is 4.99 Å². The van der Waals surface area contributed by atoms with Gasteiger partial charge >= 0.3 is 0 Å². The number of quaternary nitrogens is 1. The average Bonchev–Trinajstić information content (AvgIpc) is 3.28. The molecule has 0 atom stereocenters. The molecule has 0 spiro atoms. The van der Waals surface area contributed by atoms with Crippen molar-refractivity contribution in [1.82, 2.24) is 4.98 Å². The summed E-state index contributed by atoms with van der Waals surface area (Å²) in [5.74, 6) is 1.02. The summed E-state index contributed by atoms with van der Waals surface area (Å²) in [5.41, 5.74) is 10.9. The highest BCUT2D eigenvalue weighted by molar-refractivity contribution is 6.07. The van der Waals surface area contributed by atoms with Gasteiger partial charge in [0.2, 0.25) is 5.84 Å². The molecule has 2 aromatic carbocycles. The van der Waals surface area contributed by atoms with E-state index < -0.39 is 0 Å². The lowest BCUT2D eigenvalue weighted by atomic mass is 9.99. The third-order valence-electron chi connectivity index (χ3n) is 5.58. The fraction of sp³-hybridized carbons (Fsp3) is 0.0800. The number of nitrogens with one attached hydrogen (secondary N) is 1. The topological polar surface area (TPSA) is 44.8 Å². The van der Waals surface area contributed by atoms with Crippen LogP contribution in [0.5, 0.6) is 0 Å². The molecule has 0 saturated heterocycles. The number of aliphatic imine (C=N–C) groups is 1. The molecule has 1 aromatic heterocycles. The Labute approximate surface area is 164 Å². The molecule has 0 amide bonds. The summed E-state index contributed by atoms with van der Waals surface area (Å²) in [6, 6.07) is 17.3. The number of H-pyrrole nitrogens is 1. The molecule has 3 nitrogen and oxygen atoms in total. The van der Waals surface area contributed by atoms with Crippen LogP contribution in [0.4, 0.5) is 0 Å². The Morgan fingerprint density at radius 3 is 2.50 bits per heavy atom.